The molecule has 1 aliphatic carbocycles. The summed E-state index contributed by atoms with van der Waals surface area (Å²) in [7, 11) is 0. The molecule has 30 heavy (non-hydrogen) atoms. The Balaban J connectivity index is 1.59. The standard InChI is InChI=1S/C24H25Cl2N3S/c1-4-27-15(3)20-13-21(20)19-11-6-16(12-22(19)26)24-23(14-29(5-2)28-24)30-18-9-7-17(25)8-10-18/h6-12,14,20-21,27H,3-5,13H2,1-2H3. The van der Waals surface area contributed by atoms with Crippen molar-refractivity contribution in [3.8, 4) is 11.3 Å². The van der Waals surface area contributed by atoms with Crippen LogP contribution in [0.1, 0.15) is 31.7 Å². The molecule has 1 N–H and O–H groups in total. The Morgan fingerprint density at radius 2 is 1.97 bits per heavy atom. The van der Waals surface area contributed by atoms with Crippen LogP contribution in [0.2, 0.25) is 10.0 Å². The summed E-state index contributed by atoms with van der Waals surface area (Å²) in [5.74, 6) is 0.929. The number of hydrogen-bond donors (Lipinski definition) is 1. The van der Waals surface area contributed by atoms with Crippen LogP contribution in [0.3, 0.4) is 0 Å². The zero-order chi connectivity index (χ0) is 21.3. The van der Waals surface area contributed by atoms with Gasteiger partial charge in [0, 0.05) is 51.4 Å². The zero-order valence-electron chi connectivity index (χ0n) is 17.2. The van der Waals surface area contributed by atoms with E-state index >= 15 is 0 Å². The van der Waals surface area contributed by atoms with Crippen LogP contribution in [0.4, 0.5) is 0 Å². The minimum atomic E-state index is 0.453. The quantitative estimate of drug-likeness (QED) is 0.385. The van der Waals surface area contributed by atoms with Crippen molar-refractivity contribution in [2.24, 2.45) is 5.92 Å². The van der Waals surface area contributed by atoms with E-state index in [0.717, 1.165) is 56.3 Å². The molecule has 1 heterocycles. The number of rotatable bonds is 8. The summed E-state index contributed by atoms with van der Waals surface area (Å²) >= 11 is 14.4. The summed E-state index contributed by atoms with van der Waals surface area (Å²) < 4.78 is 1.97. The molecule has 1 aromatic heterocycles. The van der Waals surface area contributed by atoms with E-state index in [1.54, 1.807) is 11.8 Å². The maximum atomic E-state index is 6.73. The summed E-state index contributed by atoms with van der Waals surface area (Å²) in [5, 5.41) is 9.69. The lowest BCUT2D eigenvalue weighted by Crippen LogP contribution is -2.12. The van der Waals surface area contributed by atoms with Gasteiger partial charge in [0.05, 0.1) is 4.90 Å². The summed E-state index contributed by atoms with van der Waals surface area (Å²) in [6.45, 7) is 10.1. The third kappa shape index (κ3) is 4.56. The zero-order valence-corrected chi connectivity index (χ0v) is 19.5. The van der Waals surface area contributed by atoms with Crippen LogP contribution in [0.5, 0.6) is 0 Å². The van der Waals surface area contributed by atoms with E-state index in [1.807, 2.05) is 28.9 Å². The molecule has 1 saturated carbocycles. The fourth-order valence-corrected chi connectivity index (χ4v) is 5.13. The Labute approximate surface area is 192 Å². The van der Waals surface area contributed by atoms with Gasteiger partial charge in [0.2, 0.25) is 0 Å². The van der Waals surface area contributed by atoms with Gasteiger partial charge in [-0.3, -0.25) is 4.68 Å². The first-order chi connectivity index (χ1) is 14.5. The minimum Gasteiger partial charge on any atom is -0.389 e. The largest absolute Gasteiger partial charge is 0.389 e. The van der Waals surface area contributed by atoms with Crippen LogP contribution in [-0.4, -0.2) is 16.3 Å². The van der Waals surface area contributed by atoms with Gasteiger partial charge in [-0.2, -0.15) is 5.10 Å². The fraction of sp³-hybridized carbons (Fsp3) is 0.292. The van der Waals surface area contributed by atoms with Crippen LogP contribution >= 0.6 is 35.0 Å². The third-order valence-corrected chi connectivity index (χ3v) is 7.01. The van der Waals surface area contributed by atoms with E-state index in [1.165, 1.54) is 5.56 Å². The lowest BCUT2D eigenvalue weighted by atomic mass is 10.0. The van der Waals surface area contributed by atoms with Gasteiger partial charge in [-0.1, -0.05) is 53.7 Å². The van der Waals surface area contributed by atoms with Crippen molar-refractivity contribution in [2.75, 3.05) is 6.54 Å². The third-order valence-electron chi connectivity index (χ3n) is 5.41. The molecule has 1 fully saturated rings. The normalized spacial score (nSPS) is 17.7. The van der Waals surface area contributed by atoms with Crippen LogP contribution in [-0.2, 0) is 6.54 Å². The molecule has 156 valence electrons. The summed E-state index contributed by atoms with van der Waals surface area (Å²) in [6.07, 6.45) is 3.20. The Bertz CT molecular complexity index is 1060. The lowest BCUT2D eigenvalue weighted by molar-refractivity contribution is 0.661. The van der Waals surface area contributed by atoms with Gasteiger partial charge in [-0.05, 0) is 62.1 Å². The van der Waals surface area contributed by atoms with Gasteiger partial charge in [0.25, 0.3) is 0 Å². The number of benzene rings is 2. The van der Waals surface area contributed by atoms with Crippen molar-refractivity contribution in [2.45, 2.75) is 42.5 Å². The summed E-state index contributed by atoms with van der Waals surface area (Å²) in [4.78, 5) is 2.23. The van der Waals surface area contributed by atoms with Crippen molar-refractivity contribution in [3.05, 3.63) is 76.5 Å². The Kier molecular flexibility index (Phi) is 6.47. The molecule has 1 aliphatic rings. The molecule has 4 rings (SSSR count). The van der Waals surface area contributed by atoms with Gasteiger partial charge in [0.1, 0.15) is 5.69 Å². The number of allylic oxidation sites excluding steroid dienone is 1. The van der Waals surface area contributed by atoms with E-state index in [2.05, 4.69) is 50.1 Å². The van der Waals surface area contributed by atoms with Crippen molar-refractivity contribution >= 4 is 35.0 Å². The molecule has 3 nitrogen and oxygen atoms in total. The molecule has 6 heteroatoms. The molecule has 0 aliphatic heterocycles. The molecule has 2 aromatic carbocycles. The number of nitrogens with zero attached hydrogens (tertiary/aromatic N) is 2. The molecule has 3 aromatic rings. The molecule has 0 bridgehead atoms. The van der Waals surface area contributed by atoms with E-state index in [4.69, 9.17) is 28.3 Å². The smallest absolute Gasteiger partial charge is 0.106 e. The van der Waals surface area contributed by atoms with Crippen LogP contribution in [0.25, 0.3) is 11.3 Å². The SMILES string of the molecule is C=C(NCC)C1CC1c1ccc(-c2nn(CC)cc2Sc2ccc(Cl)cc2)cc1Cl. The molecule has 0 radical (unpaired) electrons. The number of aromatic nitrogens is 2. The second kappa shape index (κ2) is 9.09. The fourth-order valence-electron chi connectivity index (χ4n) is 3.73. The van der Waals surface area contributed by atoms with Crippen LogP contribution < -0.4 is 5.32 Å². The molecule has 0 saturated heterocycles. The van der Waals surface area contributed by atoms with E-state index in [-0.39, 0.29) is 0 Å². The maximum absolute atomic E-state index is 6.73. The first kappa shape index (κ1) is 21.4. The van der Waals surface area contributed by atoms with Crippen LogP contribution in [0, 0.1) is 5.92 Å². The highest BCUT2D eigenvalue weighted by atomic mass is 35.5. The minimum absolute atomic E-state index is 0.453. The highest BCUT2D eigenvalue weighted by Gasteiger charge is 2.41. The van der Waals surface area contributed by atoms with Gasteiger partial charge in [0.15, 0.2) is 0 Å². The van der Waals surface area contributed by atoms with E-state index in [0.29, 0.717) is 11.8 Å². The first-order valence-electron chi connectivity index (χ1n) is 10.2. The summed E-state index contributed by atoms with van der Waals surface area (Å²) in [6, 6.07) is 14.2. The van der Waals surface area contributed by atoms with Crippen molar-refractivity contribution in [3.63, 3.8) is 0 Å². The average Bonchev–Trinajstić information content (AvgIpc) is 3.43. The number of halogens is 2. The Morgan fingerprint density at radius 1 is 1.20 bits per heavy atom. The second-order valence-electron chi connectivity index (χ2n) is 7.49. The van der Waals surface area contributed by atoms with Crippen molar-refractivity contribution in [1.29, 1.82) is 0 Å². The first-order valence-corrected chi connectivity index (χ1v) is 11.8. The maximum Gasteiger partial charge on any atom is 0.106 e. The molecular formula is C24H25Cl2N3S. The molecule has 2 unspecified atom stereocenters. The van der Waals surface area contributed by atoms with Crippen molar-refractivity contribution < 1.29 is 0 Å². The van der Waals surface area contributed by atoms with Gasteiger partial charge in [-0.25, -0.2) is 0 Å². The van der Waals surface area contributed by atoms with Crippen LogP contribution in [0.15, 0.2) is 70.7 Å². The number of aryl methyl sites for hydroxylation is 1. The Hall–Kier alpha value is -1.88. The number of nitrogens with one attached hydrogen (secondary N) is 1. The van der Waals surface area contributed by atoms with Gasteiger partial charge >= 0.3 is 0 Å². The molecule has 0 amide bonds. The average molecular weight is 458 g/mol. The predicted octanol–water partition coefficient (Wildman–Crippen LogP) is 7.25. The molecule has 2 atom stereocenters. The summed E-state index contributed by atoms with van der Waals surface area (Å²) in [5.41, 5.74) is 4.31. The lowest BCUT2D eigenvalue weighted by Gasteiger charge is -2.09. The topological polar surface area (TPSA) is 29.9 Å². The highest BCUT2D eigenvalue weighted by molar-refractivity contribution is 7.99. The van der Waals surface area contributed by atoms with Crippen molar-refractivity contribution in [1.82, 2.24) is 15.1 Å². The predicted molar refractivity (Wildman–Crippen MR) is 128 cm³/mol. The van der Waals surface area contributed by atoms with E-state index < -0.39 is 0 Å². The van der Waals surface area contributed by atoms with Gasteiger partial charge < -0.3 is 5.32 Å². The molecule has 0 spiro atoms. The highest BCUT2D eigenvalue weighted by Crippen LogP contribution is 2.53. The van der Waals surface area contributed by atoms with E-state index in [9.17, 15) is 0 Å². The monoisotopic (exact) mass is 457 g/mol. The number of hydrogen-bond acceptors (Lipinski definition) is 3. The van der Waals surface area contributed by atoms with Gasteiger partial charge in [-0.15, -0.1) is 0 Å². The second-order valence-corrected chi connectivity index (χ2v) is 9.45. The Morgan fingerprint density at radius 3 is 2.63 bits per heavy atom. The molecular weight excluding hydrogens is 433 g/mol.